The van der Waals surface area contributed by atoms with Gasteiger partial charge in [0.2, 0.25) is 0 Å². The first-order valence-electron chi connectivity index (χ1n) is 10.2. The van der Waals surface area contributed by atoms with Crippen LogP contribution in [0.25, 0.3) is 17.4 Å². The molecule has 0 spiro atoms. The number of thioether (sulfide) groups is 1. The molecule has 7 heteroatoms. The molecule has 0 radical (unpaired) electrons. The summed E-state index contributed by atoms with van der Waals surface area (Å²) in [6, 6.07) is 17.0. The number of amidine groups is 1. The number of hydrogen-bond acceptors (Lipinski definition) is 4. The average Bonchev–Trinajstić information content (AvgIpc) is 3.32. The van der Waals surface area contributed by atoms with Crippen LogP contribution in [0.5, 0.6) is 0 Å². The van der Waals surface area contributed by atoms with Crippen molar-refractivity contribution in [2.45, 2.75) is 20.8 Å². The van der Waals surface area contributed by atoms with Crippen molar-refractivity contribution in [2.75, 3.05) is 6.54 Å². The van der Waals surface area contributed by atoms with Gasteiger partial charge in [0.1, 0.15) is 11.5 Å². The van der Waals surface area contributed by atoms with Gasteiger partial charge in [0.25, 0.3) is 5.91 Å². The lowest BCUT2D eigenvalue weighted by Crippen LogP contribution is -2.32. The zero-order valence-corrected chi connectivity index (χ0v) is 20.3. The first kappa shape index (κ1) is 22.7. The summed E-state index contributed by atoms with van der Waals surface area (Å²) in [7, 11) is 0. The Morgan fingerprint density at radius 1 is 1.06 bits per heavy atom. The average molecular weight is 485 g/mol. The molecule has 1 fully saturated rings. The standard InChI is InChI=1S/C25H22Cl2N2O2S/c1-15(2)14-29-24(30)23(32-25(29)28-18-7-4-16(3)5-8-18)13-19-9-11-22(31-19)17-6-10-20(26)21(27)12-17/h4-13,15H,14H2,1-3H3/b23-13+,28-25?. The molecule has 1 aliphatic heterocycles. The molecule has 4 rings (SSSR count). The molecule has 4 nitrogen and oxygen atoms in total. The fourth-order valence-electron chi connectivity index (χ4n) is 3.21. The highest BCUT2D eigenvalue weighted by molar-refractivity contribution is 8.18. The largest absolute Gasteiger partial charge is 0.457 e. The van der Waals surface area contributed by atoms with Crippen LogP contribution in [-0.2, 0) is 4.79 Å². The van der Waals surface area contributed by atoms with Gasteiger partial charge in [0.15, 0.2) is 5.17 Å². The minimum atomic E-state index is -0.0675. The van der Waals surface area contributed by atoms with Crippen molar-refractivity contribution >= 4 is 57.8 Å². The van der Waals surface area contributed by atoms with Crippen molar-refractivity contribution in [1.29, 1.82) is 0 Å². The van der Waals surface area contributed by atoms with Gasteiger partial charge in [-0.1, -0.05) is 54.7 Å². The molecule has 1 amide bonds. The fraction of sp³-hybridized carbons (Fsp3) is 0.200. The Morgan fingerprint density at radius 3 is 2.50 bits per heavy atom. The quantitative estimate of drug-likeness (QED) is 0.346. The number of aliphatic imine (C=N–C) groups is 1. The third-order valence-electron chi connectivity index (χ3n) is 4.80. The van der Waals surface area contributed by atoms with Crippen LogP contribution in [-0.4, -0.2) is 22.5 Å². The summed E-state index contributed by atoms with van der Waals surface area (Å²) in [6.45, 7) is 6.80. The van der Waals surface area contributed by atoms with E-state index < -0.39 is 0 Å². The SMILES string of the molecule is Cc1ccc(N=C2S/C(=C/c3ccc(-c4ccc(Cl)c(Cl)c4)o3)C(=O)N2CC(C)C)cc1. The fourth-order valence-corrected chi connectivity index (χ4v) is 4.50. The highest BCUT2D eigenvalue weighted by atomic mass is 35.5. The molecule has 0 unspecified atom stereocenters. The molecule has 2 aromatic carbocycles. The number of hydrogen-bond donors (Lipinski definition) is 0. The number of carbonyl (C=O) groups is 1. The highest BCUT2D eigenvalue weighted by Gasteiger charge is 2.34. The summed E-state index contributed by atoms with van der Waals surface area (Å²) < 4.78 is 5.96. The first-order valence-corrected chi connectivity index (χ1v) is 11.8. The highest BCUT2D eigenvalue weighted by Crippen LogP contribution is 2.36. The second kappa shape index (κ2) is 9.57. The van der Waals surface area contributed by atoms with E-state index in [0.717, 1.165) is 11.3 Å². The molecule has 32 heavy (non-hydrogen) atoms. The maximum atomic E-state index is 13.1. The maximum Gasteiger partial charge on any atom is 0.266 e. The summed E-state index contributed by atoms with van der Waals surface area (Å²) in [6.07, 6.45) is 1.76. The summed E-state index contributed by atoms with van der Waals surface area (Å²) in [5.74, 6) is 1.48. The van der Waals surface area contributed by atoms with Gasteiger partial charge in [-0.25, -0.2) is 4.99 Å². The van der Waals surface area contributed by atoms with Crippen LogP contribution < -0.4 is 0 Å². The predicted molar refractivity (Wildman–Crippen MR) is 135 cm³/mol. The Bertz CT molecular complexity index is 1210. The smallest absolute Gasteiger partial charge is 0.266 e. The minimum Gasteiger partial charge on any atom is -0.457 e. The minimum absolute atomic E-state index is 0.0675. The van der Waals surface area contributed by atoms with E-state index in [4.69, 9.17) is 32.6 Å². The normalized spacial score (nSPS) is 16.7. The van der Waals surface area contributed by atoms with Crippen molar-refractivity contribution < 1.29 is 9.21 Å². The number of benzene rings is 2. The Hall–Kier alpha value is -2.47. The molecule has 1 saturated heterocycles. The van der Waals surface area contributed by atoms with Crippen LogP contribution in [0.3, 0.4) is 0 Å². The predicted octanol–water partition coefficient (Wildman–Crippen LogP) is 7.82. The van der Waals surface area contributed by atoms with Crippen molar-refractivity contribution in [1.82, 2.24) is 4.90 Å². The van der Waals surface area contributed by atoms with Crippen LogP contribution in [0.4, 0.5) is 5.69 Å². The van der Waals surface area contributed by atoms with Gasteiger partial charge in [-0.3, -0.25) is 9.69 Å². The molecule has 3 aromatic rings. The van der Waals surface area contributed by atoms with Crippen LogP contribution in [0, 0.1) is 12.8 Å². The molecule has 0 saturated carbocycles. The van der Waals surface area contributed by atoms with Crippen molar-refractivity contribution in [2.24, 2.45) is 10.9 Å². The lowest BCUT2D eigenvalue weighted by Gasteiger charge is -2.17. The van der Waals surface area contributed by atoms with E-state index in [1.807, 2.05) is 49.4 Å². The summed E-state index contributed by atoms with van der Waals surface area (Å²) in [5.41, 5.74) is 2.80. The van der Waals surface area contributed by atoms with Crippen LogP contribution in [0.2, 0.25) is 10.0 Å². The topological polar surface area (TPSA) is 45.8 Å². The Kier molecular flexibility index (Phi) is 6.79. The molecule has 0 aliphatic carbocycles. The molecule has 164 valence electrons. The van der Waals surface area contributed by atoms with Gasteiger partial charge >= 0.3 is 0 Å². The van der Waals surface area contributed by atoms with Gasteiger partial charge in [-0.15, -0.1) is 0 Å². The molecule has 1 aromatic heterocycles. The Morgan fingerprint density at radius 2 is 1.81 bits per heavy atom. The van der Waals surface area contributed by atoms with Gasteiger partial charge in [-0.05, 0) is 67.1 Å². The molecule has 1 aliphatic rings. The zero-order valence-electron chi connectivity index (χ0n) is 17.9. The number of amides is 1. The summed E-state index contributed by atoms with van der Waals surface area (Å²) >= 11 is 13.5. The molecule has 2 heterocycles. The maximum absolute atomic E-state index is 13.1. The Labute approximate surface area is 201 Å². The first-order chi connectivity index (χ1) is 15.3. The van der Waals surface area contributed by atoms with E-state index in [2.05, 4.69) is 13.8 Å². The molecular weight excluding hydrogens is 463 g/mol. The van der Waals surface area contributed by atoms with E-state index in [0.29, 0.717) is 44.1 Å². The molecule has 0 N–H and O–H groups in total. The van der Waals surface area contributed by atoms with E-state index in [9.17, 15) is 4.79 Å². The van der Waals surface area contributed by atoms with Crippen LogP contribution in [0.15, 0.2) is 68.9 Å². The molecule has 0 bridgehead atoms. The van der Waals surface area contributed by atoms with Gasteiger partial charge in [-0.2, -0.15) is 0 Å². The van der Waals surface area contributed by atoms with Crippen LogP contribution >= 0.6 is 35.0 Å². The second-order valence-electron chi connectivity index (χ2n) is 7.98. The second-order valence-corrected chi connectivity index (χ2v) is 9.80. The number of carbonyl (C=O) groups excluding carboxylic acids is 1. The Balaban J connectivity index is 1.63. The molecular formula is C25H22Cl2N2O2S. The number of rotatable bonds is 5. The van der Waals surface area contributed by atoms with Gasteiger partial charge in [0.05, 0.1) is 20.6 Å². The monoisotopic (exact) mass is 484 g/mol. The van der Waals surface area contributed by atoms with E-state index in [-0.39, 0.29) is 5.91 Å². The summed E-state index contributed by atoms with van der Waals surface area (Å²) in [5, 5.41) is 1.63. The third-order valence-corrected chi connectivity index (χ3v) is 6.54. The number of aryl methyl sites for hydroxylation is 1. The lowest BCUT2D eigenvalue weighted by atomic mass is 10.2. The van der Waals surface area contributed by atoms with Crippen LogP contribution in [0.1, 0.15) is 25.2 Å². The van der Waals surface area contributed by atoms with Gasteiger partial charge in [0, 0.05) is 18.2 Å². The molecule has 0 atom stereocenters. The van der Waals surface area contributed by atoms with Crippen molar-refractivity contribution in [3.05, 3.63) is 80.9 Å². The summed E-state index contributed by atoms with van der Waals surface area (Å²) in [4.78, 5) is 20.2. The van der Waals surface area contributed by atoms with E-state index in [1.54, 1.807) is 23.1 Å². The number of halogens is 2. The third kappa shape index (κ3) is 5.12. The lowest BCUT2D eigenvalue weighted by molar-refractivity contribution is -0.122. The van der Waals surface area contributed by atoms with E-state index >= 15 is 0 Å². The van der Waals surface area contributed by atoms with Crippen molar-refractivity contribution in [3.8, 4) is 11.3 Å². The van der Waals surface area contributed by atoms with Gasteiger partial charge < -0.3 is 4.42 Å². The number of furan rings is 1. The van der Waals surface area contributed by atoms with Crippen molar-refractivity contribution in [3.63, 3.8) is 0 Å². The zero-order chi connectivity index (χ0) is 22.8. The number of nitrogens with zero attached hydrogens (tertiary/aromatic N) is 2. The van der Waals surface area contributed by atoms with E-state index in [1.165, 1.54) is 17.3 Å².